The van der Waals surface area contributed by atoms with E-state index in [0.717, 1.165) is 9.78 Å². The molecular formula is C23H29N3O6S. The SMILES string of the molecule is COC(=O)c1ccc(-c2cccc(N(C(=N)NC(=O)OC(C)(C)C)C(=O)OC(C)(C)C)c2)s1. The molecule has 2 rings (SSSR count). The normalized spacial score (nSPS) is 11.4. The Morgan fingerprint density at radius 1 is 0.970 bits per heavy atom. The molecule has 33 heavy (non-hydrogen) atoms. The molecule has 0 aliphatic heterocycles. The molecule has 0 fully saturated rings. The number of anilines is 1. The minimum absolute atomic E-state index is 0.288. The molecule has 9 nitrogen and oxygen atoms in total. The van der Waals surface area contributed by atoms with E-state index in [4.69, 9.17) is 19.6 Å². The van der Waals surface area contributed by atoms with Crippen molar-refractivity contribution in [3.05, 3.63) is 41.3 Å². The fourth-order valence-electron chi connectivity index (χ4n) is 2.59. The summed E-state index contributed by atoms with van der Waals surface area (Å²) in [6.45, 7) is 10.2. The zero-order valence-corrected chi connectivity index (χ0v) is 20.6. The third-order valence-electron chi connectivity index (χ3n) is 3.80. The molecular weight excluding hydrogens is 446 g/mol. The summed E-state index contributed by atoms with van der Waals surface area (Å²) in [7, 11) is 1.31. The van der Waals surface area contributed by atoms with Crippen molar-refractivity contribution in [3.63, 3.8) is 0 Å². The lowest BCUT2D eigenvalue weighted by molar-refractivity contribution is 0.0555. The Hall–Kier alpha value is -3.40. The van der Waals surface area contributed by atoms with E-state index in [1.165, 1.54) is 18.4 Å². The number of nitrogens with one attached hydrogen (secondary N) is 2. The zero-order valence-electron chi connectivity index (χ0n) is 19.8. The summed E-state index contributed by atoms with van der Waals surface area (Å²) in [5, 5.41) is 10.7. The van der Waals surface area contributed by atoms with Gasteiger partial charge in [-0.1, -0.05) is 12.1 Å². The Kier molecular flexibility index (Phi) is 7.86. The number of amides is 2. The van der Waals surface area contributed by atoms with Crippen LogP contribution in [0.1, 0.15) is 51.2 Å². The standard InChI is InChI=1S/C23H29N3O6S/c1-22(2,3)31-20(28)25-19(24)26(21(29)32-23(4,5)6)15-10-8-9-14(13-15)16-11-12-17(33-16)18(27)30-7/h8-13H,1-7H3,(H2,24,25,28). The number of ether oxygens (including phenoxy) is 3. The highest BCUT2D eigenvalue weighted by atomic mass is 32.1. The number of benzene rings is 1. The van der Waals surface area contributed by atoms with Crippen LogP contribution < -0.4 is 10.2 Å². The number of hydrogen-bond acceptors (Lipinski definition) is 8. The first-order valence-corrected chi connectivity index (χ1v) is 10.9. The van der Waals surface area contributed by atoms with Gasteiger partial charge in [0.1, 0.15) is 16.1 Å². The molecule has 0 saturated heterocycles. The van der Waals surface area contributed by atoms with Gasteiger partial charge in [-0.05, 0) is 71.4 Å². The van der Waals surface area contributed by atoms with E-state index >= 15 is 0 Å². The predicted octanol–water partition coefficient (Wildman–Crippen LogP) is 5.40. The molecule has 1 aromatic carbocycles. The fraction of sp³-hybridized carbons (Fsp3) is 0.391. The van der Waals surface area contributed by atoms with E-state index in [1.54, 1.807) is 77.9 Å². The summed E-state index contributed by atoms with van der Waals surface area (Å²) in [4.78, 5) is 39.1. The first kappa shape index (κ1) is 25.9. The molecule has 2 aromatic rings. The Bertz CT molecular complexity index is 1050. The first-order valence-electron chi connectivity index (χ1n) is 10.1. The highest BCUT2D eigenvalue weighted by molar-refractivity contribution is 7.17. The second-order valence-corrected chi connectivity index (χ2v) is 10.1. The summed E-state index contributed by atoms with van der Waals surface area (Å²) < 4.78 is 15.4. The fourth-order valence-corrected chi connectivity index (χ4v) is 3.51. The van der Waals surface area contributed by atoms with Gasteiger partial charge >= 0.3 is 18.2 Å². The number of esters is 1. The van der Waals surface area contributed by atoms with Gasteiger partial charge < -0.3 is 14.2 Å². The van der Waals surface area contributed by atoms with Crippen molar-refractivity contribution in [2.45, 2.75) is 52.7 Å². The van der Waals surface area contributed by atoms with Gasteiger partial charge in [0, 0.05) is 4.88 Å². The van der Waals surface area contributed by atoms with Gasteiger partial charge in [0.2, 0.25) is 5.96 Å². The van der Waals surface area contributed by atoms with Gasteiger partial charge in [-0.2, -0.15) is 0 Å². The van der Waals surface area contributed by atoms with Crippen LogP contribution in [0.15, 0.2) is 36.4 Å². The van der Waals surface area contributed by atoms with E-state index < -0.39 is 35.3 Å². The maximum atomic E-state index is 13.0. The molecule has 0 aliphatic rings. The molecule has 0 aliphatic carbocycles. The minimum atomic E-state index is -0.877. The van der Waals surface area contributed by atoms with Crippen molar-refractivity contribution in [1.29, 1.82) is 5.41 Å². The number of nitrogens with zero attached hydrogens (tertiary/aromatic N) is 1. The largest absolute Gasteiger partial charge is 0.465 e. The smallest absolute Gasteiger partial charge is 0.421 e. The Labute approximate surface area is 197 Å². The molecule has 1 aromatic heterocycles. The molecule has 0 spiro atoms. The summed E-state index contributed by atoms with van der Waals surface area (Å²) in [5.41, 5.74) is -0.623. The summed E-state index contributed by atoms with van der Waals surface area (Å²) in [6.07, 6.45) is -1.72. The summed E-state index contributed by atoms with van der Waals surface area (Å²) in [6, 6.07) is 10.2. The van der Waals surface area contributed by atoms with Crippen LogP contribution in [0.25, 0.3) is 10.4 Å². The van der Waals surface area contributed by atoms with Crippen molar-refractivity contribution >= 4 is 41.1 Å². The molecule has 0 saturated carbocycles. The van der Waals surface area contributed by atoms with E-state index in [0.29, 0.717) is 10.4 Å². The molecule has 0 unspecified atom stereocenters. The summed E-state index contributed by atoms with van der Waals surface area (Å²) >= 11 is 1.23. The second-order valence-electron chi connectivity index (χ2n) is 9.00. The molecule has 1 heterocycles. The van der Waals surface area contributed by atoms with Crippen molar-refractivity contribution in [1.82, 2.24) is 5.32 Å². The highest BCUT2D eigenvalue weighted by Crippen LogP contribution is 2.31. The molecule has 2 amide bonds. The van der Waals surface area contributed by atoms with Crippen molar-refractivity contribution in [2.24, 2.45) is 0 Å². The lowest BCUT2D eigenvalue weighted by Gasteiger charge is -2.28. The van der Waals surface area contributed by atoms with E-state index in [1.807, 2.05) is 0 Å². The maximum Gasteiger partial charge on any atom is 0.421 e. The van der Waals surface area contributed by atoms with Gasteiger partial charge in [-0.3, -0.25) is 10.7 Å². The van der Waals surface area contributed by atoms with Crippen molar-refractivity contribution in [2.75, 3.05) is 12.0 Å². The molecule has 0 bridgehead atoms. The molecule has 10 heteroatoms. The van der Waals surface area contributed by atoms with Crippen LogP contribution in [0.2, 0.25) is 0 Å². The number of carbonyl (C=O) groups is 3. The molecule has 178 valence electrons. The van der Waals surface area contributed by atoms with Gasteiger partial charge in [-0.25, -0.2) is 19.3 Å². The van der Waals surface area contributed by atoms with Crippen molar-refractivity contribution < 1.29 is 28.6 Å². The zero-order chi connectivity index (χ0) is 25.0. The Morgan fingerprint density at radius 3 is 2.18 bits per heavy atom. The third-order valence-corrected chi connectivity index (χ3v) is 4.91. The number of thiophene rings is 1. The monoisotopic (exact) mass is 475 g/mol. The van der Waals surface area contributed by atoms with Gasteiger partial charge in [0.05, 0.1) is 12.8 Å². The lowest BCUT2D eigenvalue weighted by atomic mass is 10.1. The maximum absolute atomic E-state index is 13.0. The Balaban J connectivity index is 2.40. The number of carbonyl (C=O) groups excluding carboxylic acids is 3. The van der Waals surface area contributed by atoms with Gasteiger partial charge in [0.15, 0.2) is 0 Å². The number of methoxy groups -OCH3 is 1. The Morgan fingerprint density at radius 2 is 1.61 bits per heavy atom. The van der Waals surface area contributed by atoms with Crippen LogP contribution >= 0.6 is 11.3 Å². The van der Waals surface area contributed by atoms with Crippen LogP contribution in [0.4, 0.5) is 15.3 Å². The van der Waals surface area contributed by atoms with Crippen LogP contribution in [-0.4, -0.2) is 42.4 Å². The van der Waals surface area contributed by atoms with Crippen LogP contribution in [0, 0.1) is 5.41 Å². The topological polar surface area (TPSA) is 118 Å². The minimum Gasteiger partial charge on any atom is -0.465 e. The summed E-state index contributed by atoms with van der Waals surface area (Å²) in [5.74, 6) is -0.974. The number of guanidine groups is 1. The second kappa shape index (κ2) is 10.0. The number of rotatable bonds is 3. The van der Waals surface area contributed by atoms with Gasteiger partial charge in [0.25, 0.3) is 0 Å². The van der Waals surface area contributed by atoms with E-state index in [2.05, 4.69) is 5.32 Å². The van der Waals surface area contributed by atoms with Crippen LogP contribution in [0.5, 0.6) is 0 Å². The third kappa shape index (κ3) is 7.60. The number of alkyl carbamates (subject to hydrolysis) is 1. The van der Waals surface area contributed by atoms with E-state index in [-0.39, 0.29) is 5.69 Å². The average molecular weight is 476 g/mol. The quantitative estimate of drug-likeness (QED) is 0.265. The van der Waals surface area contributed by atoms with E-state index in [9.17, 15) is 14.4 Å². The van der Waals surface area contributed by atoms with Crippen LogP contribution in [-0.2, 0) is 14.2 Å². The van der Waals surface area contributed by atoms with Crippen molar-refractivity contribution in [3.8, 4) is 10.4 Å². The first-order chi connectivity index (χ1) is 15.2. The average Bonchev–Trinajstić information content (AvgIpc) is 3.15. The van der Waals surface area contributed by atoms with Crippen LogP contribution in [0.3, 0.4) is 0 Å². The predicted molar refractivity (Wildman–Crippen MR) is 127 cm³/mol. The molecule has 0 atom stereocenters. The highest BCUT2D eigenvalue weighted by Gasteiger charge is 2.29. The lowest BCUT2D eigenvalue weighted by Crippen LogP contribution is -2.49. The molecule has 0 radical (unpaired) electrons. The van der Waals surface area contributed by atoms with Gasteiger partial charge in [-0.15, -0.1) is 11.3 Å². The number of hydrogen-bond donors (Lipinski definition) is 2. The molecule has 2 N–H and O–H groups in total.